The number of rotatable bonds is 15. The van der Waals surface area contributed by atoms with E-state index >= 15 is 0 Å². The first-order valence-electron chi connectivity index (χ1n) is 10.6. The lowest BCUT2D eigenvalue weighted by Crippen LogP contribution is -2.25. The smallest absolute Gasteiger partial charge is 0.426 e. The zero-order chi connectivity index (χ0) is 19.0. The Labute approximate surface area is 160 Å². The lowest BCUT2D eigenvalue weighted by Gasteiger charge is -2.24. The molecule has 0 radical (unpaired) electrons. The van der Waals surface area contributed by atoms with Gasteiger partial charge in [0, 0.05) is 30.9 Å². The molecule has 0 heterocycles. The van der Waals surface area contributed by atoms with Gasteiger partial charge in [-0.1, -0.05) is 65.7 Å². The van der Waals surface area contributed by atoms with E-state index in [4.69, 9.17) is 4.74 Å². The van der Waals surface area contributed by atoms with Gasteiger partial charge in [-0.2, -0.15) is 0 Å². The Hall–Kier alpha value is -1.76. The number of ether oxygens (including phenoxy) is 1. The molecule has 0 aromatic heterocycles. The molecule has 0 N–H and O–H groups in total. The molecule has 0 spiro atoms. The molecule has 0 aliphatic rings. The second-order valence-corrected chi connectivity index (χ2v) is 7.06. The van der Waals surface area contributed by atoms with Crippen LogP contribution in [0, 0.1) is 5.39 Å². The fourth-order valence-electron chi connectivity index (χ4n) is 3.03. The highest BCUT2D eigenvalue weighted by Crippen LogP contribution is 2.33. The zero-order valence-electron chi connectivity index (χ0n) is 17.2. The Morgan fingerprint density at radius 3 is 2.08 bits per heavy atom. The normalized spacial score (nSPS) is 10.5. The number of diazo groups is 1. The van der Waals surface area contributed by atoms with Crippen LogP contribution in [0.15, 0.2) is 18.2 Å². The minimum atomic E-state index is 0.519. The van der Waals surface area contributed by atoms with Crippen molar-refractivity contribution in [3.05, 3.63) is 23.2 Å². The van der Waals surface area contributed by atoms with Crippen molar-refractivity contribution in [1.82, 2.24) is 0 Å². The maximum atomic E-state index is 9.26. The molecule has 0 atom stereocenters. The van der Waals surface area contributed by atoms with Crippen LogP contribution in [0.3, 0.4) is 0 Å². The van der Waals surface area contributed by atoms with Gasteiger partial charge >= 0.3 is 5.69 Å². The van der Waals surface area contributed by atoms with Crippen LogP contribution >= 0.6 is 0 Å². The third kappa shape index (κ3) is 8.56. The lowest BCUT2D eigenvalue weighted by molar-refractivity contribution is 0.306. The standard InChI is InChI=1S/C22H38N3O/c1-4-7-10-11-12-13-18-26-22-19-20(14-15-21(22)24-23)25(16-8-5-2)17-9-6-3/h14-15,19H,4-13,16-18H2,1-3H3/q+1. The number of hydrogen-bond donors (Lipinski definition) is 0. The van der Waals surface area contributed by atoms with Gasteiger partial charge in [0.15, 0.2) is 4.98 Å². The largest absolute Gasteiger partial charge is 0.486 e. The molecule has 1 aromatic rings. The first kappa shape index (κ1) is 22.3. The highest BCUT2D eigenvalue weighted by molar-refractivity contribution is 5.65. The fourth-order valence-corrected chi connectivity index (χ4v) is 3.03. The molecule has 26 heavy (non-hydrogen) atoms. The Morgan fingerprint density at radius 2 is 1.46 bits per heavy atom. The van der Waals surface area contributed by atoms with Crippen molar-refractivity contribution in [1.29, 1.82) is 5.39 Å². The maximum absolute atomic E-state index is 9.26. The Balaban J connectivity index is 2.65. The Kier molecular flexibility index (Phi) is 12.4. The van der Waals surface area contributed by atoms with Crippen LogP contribution in [0.1, 0.15) is 85.0 Å². The minimum Gasteiger partial charge on any atom is -0.486 e. The van der Waals surface area contributed by atoms with Crippen molar-refractivity contribution >= 4 is 11.4 Å². The lowest BCUT2D eigenvalue weighted by atomic mass is 10.1. The van der Waals surface area contributed by atoms with Crippen LogP contribution < -0.4 is 9.64 Å². The summed E-state index contributed by atoms with van der Waals surface area (Å²) in [7, 11) is 0. The summed E-state index contributed by atoms with van der Waals surface area (Å²) in [5.41, 5.74) is 1.68. The topological polar surface area (TPSA) is 40.6 Å². The van der Waals surface area contributed by atoms with Gasteiger partial charge < -0.3 is 9.64 Å². The number of benzene rings is 1. The van der Waals surface area contributed by atoms with E-state index in [1.165, 1.54) is 57.8 Å². The molecule has 0 amide bonds. The van der Waals surface area contributed by atoms with Gasteiger partial charge in [0.1, 0.15) is 0 Å². The van der Waals surface area contributed by atoms with E-state index in [-0.39, 0.29) is 0 Å². The predicted octanol–water partition coefficient (Wildman–Crippen LogP) is 7.32. The Bertz CT molecular complexity index is 517. The van der Waals surface area contributed by atoms with Crippen molar-refractivity contribution in [3.8, 4) is 5.75 Å². The highest BCUT2D eigenvalue weighted by Gasteiger charge is 2.18. The minimum absolute atomic E-state index is 0.519. The summed E-state index contributed by atoms with van der Waals surface area (Å²) in [6.45, 7) is 9.48. The Morgan fingerprint density at radius 1 is 0.846 bits per heavy atom. The van der Waals surface area contributed by atoms with Gasteiger partial charge in [-0.25, -0.2) is 0 Å². The van der Waals surface area contributed by atoms with Crippen LogP contribution in [0.2, 0.25) is 0 Å². The molecule has 0 aliphatic carbocycles. The van der Waals surface area contributed by atoms with Crippen LogP contribution in [0.25, 0.3) is 4.98 Å². The van der Waals surface area contributed by atoms with E-state index < -0.39 is 0 Å². The van der Waals surface area contributed by atoms with Crippen LogP contribution in [-0.2, 0) is 0 Å². The van der Waals surface area contributed by atoms with Crippen molar-refractivity contribution < 1.29 is 4.74 Å². The zero-order valence-corrected chi connectivity index (χ0v) is 17.2. The summed E-state index contributed by atoms with van der Waals surface area (Å²) in [6, 6.07) is 5.94. The van der Waals surface area contributed by atoms with Crippen LogP contribution in [-0.4, -0.2) is 19.7 Å². The second kappa shape index (κ2) is 14.4. The quantitative estimate of drug-likeness (QED) is 0.243. The van der Waals surface area contributed by atoms with Crippen molar-refractivity contribution in [2.24, 2.45) is 0 Å². The van der Waals surface area contributed by atoms with Crippen LogP contribution in [0.4, 0.5) is 11.4 Å². The SMILES string of the molecule is CCCCCCCCOc1cc(N(CCCC)CCCC)ccc1[N+]#N. The number of unbranched alkanes of at least 4 members (excludes halogenated alkanes) is 7. The van der Waals surface area contributed by atoms with Gasteiger partial charge in [-0.3, -0.25) is 0 Å². The molecule has 0 bridgehead atoms. The fraction of sp³-hybridized carbons (Fsp3) is 0.727. The molecular formula is C22H38N3O+. The summed E-state index contributed by atoms with van der Waals surface area (Å²) >= 11 is 0. The third-order valence-electron chi connectivity index (χ3n) is 4.73. The van der Waals surface area contributed by atoms with E-state index in [1.807, 2.05) is 18.2 Å². The number of nitrogens with zero attached hydrogens (tertiary/aromatic N) is 3. The van der Waals surface area contributed by atoms with E-state index in [2.05, 4.69) is 30.6 Å². The number of hydrogen-bond acceptors (Lipinski definition) is 3. The summed E-state index contributed by atoms with van der Waals surface area (Å²) < 4.78 is 5.95. The molecule has 1 aromatic carbocycles. The van der Waals surface area contributed by atoms with E-state index in [9.17, 15) is 5.39 Å². The molecular weight excluding hydrogens is 322 g/mol. The molecule has 0 unspecified atom stereocenters. The molecule has 0 aliphatic heterocycles. The van der Waals surface area contributed by atoms with E-state index in [1.54, 1.807) is 0 Å². The summed E-state index contributed by atoms with van der Waals surface area (Å²) in [6.07, 6.45) is 12.2. The molecule has 146 valence electrons. The molecule has 4 nitrogen and oxygen atoms in total. The summed E-state index contributed by atoms with van der Waals surface area (Å²) in [4.78, 5) is 5.81. The van der Waals surface area contributed by atoms with Gasteiger partial charge in [-0.05, 0) is 25.3 Å². The van der Waals surface area contributed by atoms with Crippen molar-refractivity contribution in [2.75, 3.05) is 24.6 Å². The maximum Gasteiger partial charge on any atom is 0.426 e. The third-order valence-corrected chi connectivity index (χ3v) is 4.73. The van der Waals surface area contributed by atoms with E-state index in [0.29, 0.717) is 18.0 Å². The first-order valence-corrected chi connectivity index (χ1v) is 10.6. The molecule has 1 rings (SSSR count). The monoisotopic (exact) mass is 360 g/mol. The van der Waals surface area contributed by atoms with Crippen molar-refractivity contribution in [3.63, 3.8) is 0 Å². The van der Waals surface area contributed by atoms with E-state index in [0.717, 1.165) is 25.2 Å². The average Bonchev–Trinajstić information content (AvgIpc) is 2.67. The molecule has 4 heteroatoms. The van der Waals surface area contributed by atoms with Gasteiger partial charge in [-0.15, -0.1) is 0 Å². The average molecular weight is 361 g/mol. The second-order valence-electron chi connectivity index (χ2n) is 7.06. The first-order chi connectivity index (χ1) is 12.8. The van der Waals surface area contributed by atoms with Crippen LogP contribution in [0.5, 0.6) is 5.75 Å². The predicted molar refractivity (Wildman–Crippen MR) is 112 cm³/mol. The number of anilines is 1. The molecule has 0 saturated heterocycles. The highest BCUT2D eigenvalue weighted by atomic mass is 16.5. The van der Waals surface area contributed by atoms with Gasteiger partial charge in [0.2, 0.25) is 11.1 Å². The van der Waals surface area contributed by atoms with Gasteiger partial charge in [0.25, 0.3) is 0 Å². The molecule has 0 fully saturated rings. The van der Waals surface area contributed by atoms with Crippen molar-refractivity contribution in [2.45, 2.75) is 85.0 Å². The summed E-state index contributed by atoms with van der Waals surface area (Å²) in [5, 5.41) is 9.26. The molecule has 0 saturated carbocycles. The summed E-state index contributed by atoms with van der Waals surface area (Å²) in [5.74, 6) is 0.691. The van der Waals surface area contributed by atoms with Gasteiger partial charge in [0.05, 0.1) is 6.61 Å².